The average molecular weight is 190 g/mol. The van der Waals surface area contributed by atoms with Crippen LogP contribution in [-0.2, 0) is 4.79 Å². The molecule has 1 aromatic rings. The van der Waals surface area contributed by atoms with E-state index in [1.165, 1.54) is 6.92 Å². The fourth-order valence-electron chi connectivity index (χ4n) is 1.21. The third-order valence-electron chi connectivity index (χ3n) is 2.01. The molecule has 0 amide bonds. The number of aliphatic hydroxyl groups is 1. The van der Waals surface area contributed by atoms with Crippen molar-refractivity contribution < 1.29 is 9.90 Å². The van der Waals surface area contributed by atoms with E-state index < -0.39 is 6.10 Å². The normalized spacial score (nSPS) is 13.8. The van der Waals surface area contributed by atoms with Crippen LogP contribution < -0.4 is 0 Å². The number of benzene rings is 1. The first-order chi connectivity index (χ1) is 6.61. The van der Waals surface area contributed by atoms with Crippen molar-refractivity contribution in [3.05, 3.63) is 41.5 Å². The highest BCUT2D eigenvalue weighted by molar-refractivity contribution is 5.84. The van der Waals surface area contributed by atoms with Gasteiger partial charge in [-0.05, 0) is 25.0 Å². The molecule has 0 saturated carbocycles. The Morgan fingerprint density at radius 3 is 2.36 bits per heavy atom. The number of carbonyl (C=O) groups is 1. The van der Waals surface area contributed by atoms with Crippen molar-refractivity contribution >= 4 is 11.9 Å². The summed E-state index contributed by atoms with van der Waals surface area (Å²) in [5, 5.41) is 9.44. The Balaban J connectivity index is 2.84. The highest BCUT2D eigenvalue weighted by Gasteiger charge is 2.10. The van der Waals surface area contributed by atoms with Crippen molar-refractivity contribution in [2.45, 2.75) is 20.0 Å². The van der Waals surface area contributed by atoms with Crippen molar-refractivity contribution in [3.63, 3.8) is 0 Å². The van der Waals surface area contributed by atoms with Gasteiger partial charge in [0, 0.05) is 0 Å². The Kier molecular flexibility index (Phi) is 3.60. The number of aliphatic hydroxyl groups excluding tert-OH is 1. The van der Waals surface area contributed by atoms with Gasteiger partial charge in [0.2, 0.25) is 0 Å². The second kappa shape index (κ2) is 4.72. The van der Waals surface area contributed by atoms with Crippen LogP contribution in [0.2, 0.25) is 0 Å². The molecule has 0 aliphatic heterocycles. The van der Waals surface area contributed by atoms with E-state index in [-0.39, 0.29) is 5.78 Å². The van der Waals surface area contributed by atoms with Crippen LogP contribution in [0.3, 0.4) is 0 Å². The highest BCUT2D eigenvalue weighted by Crippen LogP contribution is 2.09. The van der Waals surface area contributed by atoms with E-state index in [1.54, 1.807) is 6.92 Å². The van der Waals surface area contributed by atoms with Crippen molar-refractivity contribution in [1.82, 2.24) is 0 Å². The lowest BCUT2D eigenvalue weighted by molar-refractivity contribution is -0.123. The number of hydrogen-bond donors (Lipinski definition) is 1. The zero-order chi connectivity index (χ0) is 10.6. The molecular weight excluding hydrogens is 176 g/mol. The summed E-state index contributed by atoms with van der Waals surface area (Å²) in [6, 6.07) is 9.61. The summed E-state index contributed by atoms with van der Waals surface area (Å²) in [6.45, 7) is 3.13. The van der Waals surface area contributed by atoms with E-state index in [0.717, 1.165) is 5.56 Å². The number of carbonyl (C=O) groups excluding carboxylic acids is 1. The largest absolute Gasteiger partial charge is 0.381 e. The van der Waals surface area contributed by atoms with Gasteiger partial charge >= 0.3 is 0 Å². The predicted molar refractivity (Wildman–Crippen MR) is 56.8 cm³/mol. The lowest BCUT2D eigenvalue weighted by Gasteiger charge is -2.06. The highest BCUT2D eigenvalue weighted by atomic mass is 16.3. The first-order valence-electron chi connectivity index (χ1n) is 4.53. The summed E-state index contributed by atoms with van der Waals surface area (Å²) in [6.07, 6.45) is 0.835. The Hall–Kier alpha value is -1.41. The van der Waals surface area contributed by atoms with E-state index in [1.807, 2.05) is 36.4 Å². The monoisotopic (exact) mass is 190 g/mol. The maximum atomic E-state index is 10.9. The Bertz CT molecular complexity index is 339. The van der Waals surface area contributed by atoms with Crippen LogP contribution in [0.1, 0.15) is 19.4 Å². The fraction of sp³-hybridized carbons (Fsp3) is 0.250. The zero-order valence-electron chi connectivity index (χ0n) is 8.40. The van der Waals surface area contributed by atoms with E-state index in [0.29, 0.717) is 5.57 Å². The summed E-state index contributed by atoms with van der Waals surface area (Å²) in [5.74, 6) is -0.227. The summed E-state index contributed by atoms with van der Waals surface area (Å²) in [7, 11) is 0. The van der Waals surface area contributed by atoms with E-state index in [9.17, 15) is 9.90 Å². The Morgan fingerprint density at radius 1 is 1.29 bits per heavy atom. The van der Waals surface area contributed by atoms with Gasteiger partial charge in [-0.25, -0.2) is 0 Å². The molecule has 74 valence electrons. The first-order valence-corrected chi connectivity index (χ1v) is 4.53. The zero-order valence-corrected chi connectivity index (χ0v) is 8.40. The smallest absolute Gasteiger partial charge is 0.162 e. The molecule has 14 heavy (non-hydrogen) atoms. The van der Waals surface area contributed by atoms with Gasteiger partial charge in [-0.1, -0.05) is 36.4 Å². The summed E-state index contributed by atoms with van der Waals surface area (Å²) in [5.41, 5.74) is 1.66. The number of ketones is 1. The summed E-state index contributed by atoms with van der Waals surface area (Å²) < 4.78 is 0. The minimum absolute atomic E-state index is 0.227. The molecule has 1 rings (SSSR count). The number of hydrogen-bond acceptors (Lipinski definition) is 2. The third kappa shape index (κ3) is 2.82. The van der Waals surface area contributed by atoms with Crippen molar-refractivity contribution in [2.75, 3.05) is 0 Å². The molecule has 0 aliphatic carbocycles. The maximum absolute atomic E-state index is 10.9. The molecule has 0 bridgehead atoms. The Labute approximate surface area is 83.9 Å². The van der Waals surface area contributed by atoms with Crippen molar-refractivity contribution in [1.29, 1.82) is 0 Å². The van der Waals surface area contributed by atoms with Gasteiger partial charge in [-0.3, -0.25) is 4.79 Å². The Morgan fingerprint density at radius 2 is 1.86 bits per heavy atom. The molecule has 2 heteroatoms. The van der Waals surface area contributed by atoms with Crippen molar-refractivity contribution in [3.8, 4) is 0 Å². The fourth-order valence-corrected chi connectivity index (χ4v) is 1.21. The lowest BCUT2D eigenvalue weighted by Crippen LogP contribution is -2.17. The molecule has 2 nitrogen and oxygen atoms in total. The summed E-state index contributed by atoms with van der Waals surface area (Å²) >= 11 is 0. The summed E-state index contributed by atoms with van der Waals surface area (Å²) in [4.78, 5) is 10.9. The standard InChI is InChI=1S/C12H14O2/c1-9(12(14)10(2)13)8-11-6-4-3-5-7-11/h3-8,12,14H,1-2H3/b9-8+/t12-/m1/s1. The van der Waals surface area contributed by atoms with Crippen LogP contribution in [-0.4, -0.2) is 17.0 Å². The van der Waals surface area contributed by atoms with Gasteiger partial charge in [-0.15, -0.1) is 0 Å². The number of rotatable bonds is 3. The second-order valence-electron chi connectivity index (χ2n) is 3.31. The van der Waals surface area contributed by atoms with Gasteiger partial charge < -0.3 is 5.11 Å². The van der Waals surface area contributed by atoms with Crippen molar-refractivity contribution in [2.24, 2.45) is 0 Å². The lowest BCUT2D eigenvalue weighted by atomic mass is 10.1. The van der Waals surface area contributed by atoms with Crippen LogP contribution in [0.25, 0.3) is 6.08 Å². The molecule has 0 radical (unpaired) electrons. The molecule has 0 aromatic heterocycles. The molecule has 0 heterocycles. The van der Waals surface area contributed by atoms with Crippen LogP contribution in [0.4, 0.5) is 0 Å². The second-order valence-corrected chi connectivity index (χ2v) is 3.31. The van der Waals surface area contributed by atoms with Gasteiger partial charge in [-0.2, -0.15) is 0 Å². The quantitative estimate of drug-likeness (QED) is 0.792. The van der Waals surface area contributed by atoms with E-state index >= 15 is 0 Å². The minimum atomic E-state index is -0.977. The van der Waals surface area contributed by atoms with Crippen LogP contribution >= 0.6 is 0 Å². The van der Waals surface area contributed by atoms with Gasteiger partial charge in [0.1, 0.15) is 6.10 Å². The van der Waals surface area contributed by atoms with Crippen LogP contribution in [0, 0.1) is 0 Å². The molecule has 1 atom stereocenters. The SMILES string of the molecule is CC(=O)[C@H](O)/C(C)=C/c1ccccc1. The molecular formula is C12H14O2. The van der Waals surface area contributed by atoms with E-state index in [4.69, 9.17) is 0 Å². The predicted octanol–water partition coefficient (Wildman–Crippen LogP) is 2.04. The topological polar surface area (TPSA) is 37.3 Å². The third-order valence-corrected chi connectivity index (χ3v) is 2.01. The molecule has 0 aliphatic rings. The van der Waals surface area contributed by atoms with Gasteiger partial charge in [0.25, 0.3) is 0 Å². The van der Waals surface area contributed by atoms with Crippen LogP contribution in [0.5, 0.6) is 0 Å². The van der Waals surface area contributed by atoms with Gasteiger partial charge in [0.15, 0.2) is 5.78 Å². The molecule has 1 aromatic carbocycles. The maximum Gasteiger partial charge on any atom is 0.162 e. The van der Waals surface area contributed by atoms with Gasteiger partial charge in [0.05, 0.1) is 0 Å². The van der Waals surface area contributed by atoms with Crippen LogP contribution in [0.15, 0.2) is 35.9 Å². The molecule has 0 saturated heterocycles. The molecule has 0 unspecified atom stereocenters. The molecule has 0 fully saturated rings. The molecule has 0 spiro atoms. The number of Topliss-reactive ketones (excluding diaryl/α,β-unsaturated/α-hetero) is 1. The molecule has 1 N–H and O–H groups in total. The first kappa shape index (κ1) is 10.7. The minimum Gasteiger partial charge on any atom is -0.381 e. The van der Waals surface area contributed by atoms with E-state index in [2.05, 4.69) is 0 Å². The average Bonchev–Trinajstić information content (AvgIpc) is 2.18.